The van der Waals surface area contributed by atoms with Gasteiger partial charge in [0, 0.05) is 5.25 Å². The molecule has 1 rings (SSSR count). The average molecular weight is 146 g/mol. The summed E-state index contributed by atoms with van der Waals surface area (Å²) in [6.07, 6.45) is 3.09. The average Bonchev–Trinajstić information content (AvgIpc) is 1.80. The highest BCUT2D eigenvalue weighted by Gasteiger charge is 2.23. The Bertz CT molecular complexity index is 94.9. The zero-order valence-electron chi connectivity index (χ0n) is 5.75. The number of hydrogen-bond acceptors (Lipinski definition) is 2. The Morgan fingerprint density at radius 1 is 1.44 bits per heavy atom. The molecule has 0 aromatic carbocycles. The van der Waals surface area contributed by atoms with E-state index in [0.717, 1.165) is 12.8 Å². The molecule has 0 radical (unpaired) electrons. The molecule has 0 aromatic heterocycles. The molecular formula is C7H14OS. The third-order valence-electron chi connectivity index (χ3n) is 2.04. The van der Waals surface area contributed by atoms with Crippen LogP contribution in [0.25, 0.3) is 0 Å². The summed E-state index contributed by atoms with van der Waals surface area (Å²) in [4.78, 5) is 0. The second kappa shape index (κ2) is 2.93. The molecule has 2 heteroatoms. The molecule has 0 amide bonds. The molecular weight excluding hydrogens is 132 g/mol. The largest absolute Gasteiger partial charge is 0.392 e. The van der Waals surface area contributed by atoms with E-state index in [4.69, 9.17) is 0 Å². The minimum Gasteiger partial charge on any atom is -0.392 e. The summed E-state index contributed by atoms with van der Waals surface area (Å²) in [5.74, 6) is 0.698. The van der Waals surface area contributed by atoms with Crippen LogP contribution in [-0.4, -0.2) is 16.5 Å². The molecule has 1 aliphatic rings. The first-order valence-corrected chi connectivity index (χ1v) is 4.08. The van der Waals surface area contributed by atoms with Crippen molar-refractivity contribution in [2.24, 2.45) is 5.92 Å². The van der Waals surface area contributed by atoms with E-state index in [1.807, 2.05) is 0 Å². The van der Waals surface area contributed by atoms with Crippen LogP contribution in [0.5, 0.6) is 0 Å². The summed E-state index contributed by atoms with van der Waals surface area (Å²) in [7, 11) is 0. The van der Waals surface area contributed by atoms with Crippen LogP contribution in [-0.2, 0) is 0 Å². The highest BCUT2D eigenvalue weighted by molar-refractivity contribution is 7.81. The van der Waals surface area contributed by atoms with Gasteiger partial charge in [0.15, 0.2) is 0 Å². The van der Waals surface area contributed by atoms with Crippen molar-refractivity contribution >= 4 is 12.6 Å². The molecule has 1 N–H and O–H groups in total. The van der Waals surface area contributed by atoms with Crippen LogP contribution >= 0.6 is 12.6 Å². The monoisotopic (exact) mass is 146 g/mol. The normalized spacial score (nSPS) is 45.0. The first kappa shape index (κ1) is 7.42. The van der Waals surface area contributed by atoms with Gasteiger partial charge in [-0.05, 0) is 25.2 Å². The Kier molecular flexibility index (Phi) is 2.42. The summed E-state index contributed by atoms with van der Waals surface area (Å²) >= 11 is 4.25. The number of aliphatic hydroxyl groups is 1. The van der Waals surface area contributed by atoms with Crippen molar-refractivity contribution in [1.29, 1.82) is 0 Å². The van der Waals surface area contributed by atoms with Crippen molar-refractivity contribution in [3.8, 4) is 0 Å². The van der Waals surface area contributed by atoms with Crippen molar-refractivity contribution in [2.45, 2.75) is 37.5 Å². The molecule has 9 heavy (non-hydrogen) atoms. The molecule has 0 spiro atoms. The third kappa shape index (κ3) is 1.87. The second-order valence-corrected chi connectivity index (χ2v) is 3.72. The van der Waals surface area contributed by atoms with Crippen LogP contribution < -0.4 is 0 Å². The molecule has 0 bridgehead atoms. The zero-order chi connectivity index (χ0) is 6.85. The molecule has 54 valence electrons. The quantitative estimate of drug-likeness (QED) is 0.496. The first-order valence-electron chi connectivity index (χ1n) is 3.56. The minimum absolute atomic E-state index is 0.155. The highest BCUT2D eigenvalue weighted by atomic mass is 32.1. The SMILES string of the molecule is CC1CCC(S)C(O)C1. The lowest BCUT2D eigenvalue weighted by Gasteiger charge is -2.27. The number of thiol groups is 1. The van der Waals surface area contributed by atoms with Crippen LogP contribution in [0.3, 0.4) is 0 Å². The Balaban J connectivity index is 2.35. The van der Waals surface area contributed by atoms with Gasteiger partial charge in [-0.25, -0.2) is 0 Å². The lowest BCUT2D eigenvalue weighted by atomic mass is 9.88. The maximum Gasteiger partial charge on any atom is 0.0658 e. The summed E-state index contributed by atoms with van der Waals surface area (Å²) in [6, 6.07) is 0. The summed E-state index contributed by atoms with van der Waals surface area (Å²) in [6.45, 7) is 2.18. The van der Waals surface area contributed by atoms with Gasteiger partial charge < -0.3 is 5.11 Å². The van der Waals surface area contributed by atoms with E-state index < -0.39 is 0 Å². The van der Waals surface area contributed by atoms with Crippen molar-refractivity contribution in [3.63, 3.8) is 0 Å². The van der Waals surface area contributed by atoms with E-state index in [9.17, 15) is 5.11 Å². The fourth-order valence-corrected chi connectivity index (χ4v) is 1.61. The molecule has 1 fully saturated rings. The van der Waals surface area contributed by atoms with Gasteiger partial charge >= 0.3 is 0 Å². The van der Waals surface area contributed by atoms with Crippen molar-refractivity contribution in [2.75, 3.05) is 0 Å². The molecule has 1 saturated carbocycles. The van der Waals surface area contributed by atoms with Crippen LogP contribution in [0.2, 0.25) is 0 Å². The first-order chi connectivity index (χ1) is 4.20. The topological polar surface area (TPSA) is 20.2 Å². The summed E-state index contributed by atoms with van der Waals surface area (Å²) in [5, 5.41) is 9.51. The number of rotatable bonds is 0. The molecule has 1 aliphatic carbocycles. The van der Waals surface area contributed by atoms with Crippen LogP contribution in [0, 0.1) is 5.92 Å². The molecule has 0 aliphatic heterocycles. The number of hydrogen-bond donors (Lipinski definition) is 2. The van der Waals surface area contributed by atoms with E-state index in [2.05, 4.69) is 19.6 Å². The van der Waals surface area contributed by atoms with Gasteiger partial charge in [-0.3, -0.25) is 0 Å². The molecule has 3 unspecified atom stereocenters. The molecule has 3 atom stereocenters. The van der Waals surface area contributed by atoms with Gasteiger partial charge in [-0.1, -0.05) is 6.92 Å². The molecule has 1 nitrogen and oxygen atoms in total. The maximum atomic E-state index is 9.27. The van der Waals surface area contributed by atoms with Gasteiger partial charge in [0.2, 0.25) is 0 Å². The fraction of sp³-hybridized carbons (Fsp3) is 1.00. The van der Waals surface area contributed by atoms with Gasteiger partial charge in [0.25, 0.3) is 0 Å². The van der Waals surface area contributed by atoms with E-state index in [1.165, 1.54) is 6.42 Å². The summed E-state index contributed by atoms with van der Waals surface area (Å²) in [5.41, 5.74) is 0. The predicted molar refractivity (Wildman–Crippen MR) is 41.8 cm³/mol. The standard InChI is InChI=1S/C7H14OS/c1-5-2-3-7(9)6(8)4-5/h5-9H,2-4H2,1H3. The van der Waals surface area contributed by atoms with Crippen LogP contribution in [0.15, 0.2) is 0 Å². The number of aliphatic hydroxyl groups excluding tert-OH is 1. The van der Waals surface area contributed by atoms with Gasteiger partial charge in [-0.15, -0.1) is 0 Å². The van der Waals surface area contributed by atoms with Gasteiger partial charge in [0.1, 0.15) is 0 Å². The lowest BCUT2D eigenvalue weighted by molar-refractivity contribution is 0.113. The zero-order valence-corrected chi connectivity index (χ0v) is 6.64. The van der Waals surface area contributed by atoms with Crippen LogP contribution in [0.1, 0.15) is 26.2 Å². The van der Waals surface area contributed by atoms with Crippen molar-refractivity contribution < 1.29 is 5.11 Å². The van der Waals surface area contributed by atoms with E-state index in [0.29, 0.717) is 5.92 Å². The fourth-order valence-electron chi connectivity index (χ4n) is 1.33. The minimum atomic E-state index is -0.155. The van der Waals surface area contributed by atoms with E-state index >= 15 is 0 Å². The third-order valence-corrected chi connectivity index (χ3v) is 2.65. The lowest BCUT2D eigenvalue weighted by Crippen LogP contribution is -2.28. The van der Waals surface area contributed by atoms with Crippen molar-refractivity contribution in [1.82, 2.24) is 0 Å². The maximum absolute atomic E-state index is 9.27. The Hall–Kier alpha value is 0.310. The smallest absolute Gasteiger partial charge is 0.0658 e. The predicted octanol–water partition coefficient (Wildman–Crippen LogP) is 1.47. The second-order valence-electron chi connectivity index (χ2n) is 3.05. The Morgan fingerprint density at radius 2 is 2.11 bits per heavy atom. The van der Waals surface area contributed by atoms with E-state index in [1.54, 1.807) is 0 Å². The molecule has 0 aromatic rings. The van der Waals surface area contributed by atoms with Crippen molar-refractivity contribution in [3.05, 3.63) is 0 Å². The van der Waals surface area contributed by atoms with Crippen LogP contribution in [0.4, 0.5) is 0 Å². The Labute approximate surface area is 61.9 Å². The highest BCUT2D eigenvalue weighted by Crippen LogP contribution is 2.26. The molecule has 0 saturated heterocycles. The van der Waals surface area contributed by atoms with Gasteiger partial charge in [0.05, 0.1) is 6.10 Å². The van der Waals surface area contributed by atoms with Gasteiger partial charge in [-0.2, -0.15) is 12.6 Å². The van der Waals surface area contributed by atoms with E-state index in [-0.39, 0.29) is 11.4 Å². The summed E-state index contributed by atoms with van der Waals surface area (Å²) < 4.78 is 0. The Morgan fingerprint density at radius 3 is 2.56 bits per heavy atom. The molecule has 0 heterocycles.